The van der Waals surface area contributed by atoms with Crippen LogP contribution in [0.4, 0.5) is 17.1 Å². The first-order valence-electron chi connectivity index (χ1n) is 26.8. The molecule has 75 heavy (non-hydrogen) atoms. The Labute approximate surface area is 438 Å². The molecule has 0 bridgehead atoms. The number of nitro groups is 1. The zero-order valence-corrected chi connectivity index (χ0v) is 44.1. The molecule has 5 fully saturated rings. The minimum absolute atomic E-state index is 0.0169. The van der Waals surface area contributed by atoms with E-state index in [-0.39, 0.29) is 77.1 Å². The number of ether oxygens (including phenoxy) is 3. The number of H-pyrrole nitrogens is 1. The molecule has 2 aromatic heterocycles. The van der Waals surface area contributed by atoms with E-state index in [1.165, 1.54) is 42.9 Å². The maximum Gasteiger partial charge on any atom is 0.297 e. The number of aliphatic hydroxyl groups excluding tert-OH is 1. The van der Waals surface area contributed by atoms with Gasteiger partial charge in [-0.05, 0) is 137 Å². The third kappa shape index (κ3) is 10.3. The Morgan fingerprint density at radius 1 is 1.01 bits per heavy atom. The molecule has 1 spiro atoms. The van der Waals surface area contributed by atoms with Crippen LogP contribution in [-0.2, 0) is 10.0 Å². The number of carbonyl (C=O) groups is 1. The van der Waals surface area contributed by atoms with E-state index in [0.29, 0.717) is 67.7 Å². The van der Waals surface area contributed by atoms with Crippen molar-refractivity contribution in [2.24, 2.45) is 11.3 Å². The zero-order chi connectivity index (χ0) is 52.4. The number of aromatic amines is 1. The number of hydrogen-bond acceptors (Lipinski definition) is 15. The highest BCUT2D eigenvalue weighted by Crippen LogP contribution is 2.55. The standard InChI is InChI=1S/C56H70N8O10S/c1-34(2)42-8-5-6-9-43(42)46-10-7-21-63(46)39-29-56(30-39)18-22-62(23-19-56)37-11-12-44(48(26-37)74-50-24-36-15-20-57-52(36)59-54(50)73-40-25-38(32-65)61(4)31-40)53(66)60-75(70,71)41-27-47(64(68)69)51-49(28-41)72-33-45(58-51)35-13-16-55(3,67)17-14-35/h5-6,8-9,11-12,15,20,24,26-28,34-35,38-40,45-46,58,65,67H,7,10,13-14,16-19,21-23,25,29-33H2,1-4H3,(H,57,59)(H,60,66)/t35-,38-,40+,45+,46+,55-/m0/s1. The Hall–Kier alpha value is -5.99. The number of fused-ring (bicyclic) bond motifs is 2. The minimum atomic E-state index is -4.74. The van der Waals surface area contributed by atoms with Gasteiger partial charge in [-0.1, -0.05) is 38.1 Å². The molecule has 0 unspecified atom stereocenters. The predicted octanol–water partition coefficient (Wildman–Crippen LogP) is 8.65. The Morgan fingerprint density at radius 2 is 1.79 bits per heavy atom. The second-order valence-corrected chi connectivity index (χ2v) is 24.6. The van der Waals surface area contributed by atoms with E-state index >= 15 is 0 Å². The van der Waals surface area contributed by atoms with Crippen molar-refractivity contribution in [3.05, 3.63) is 99.7 Å². The second-order valence-electron chi connectivity index (χ2n) is 22.9. The molecule has 6 aliphatic rings. The van der Waals surface area contributed by atoms with Crippen LogP contribution in [0.5, 0.6) is 23.1 Å². The maximum absolute atomic E-state index is 14.5. The number of nitro benzene ring substituents is 1. The lowest BCUT2D eigenvalue weighted by molar-refractivity contribution is -0.384. The monoisotopic (exact) mass is 1050 g/mol. The average molecular weight is 1050 g/mol. The first-order chi connectivity index (χ1) is 35.9. The van der Waals surface area contributed by atoms with Gasteiger partial charge in [0.25, 0.3) is 27.5 Å². The van der Waals surface area contributed by atoms with Crippen LogP contribution in [0.2, 0.25) is 0 Å². The minimum Gasteiger partial charge on any atom is -0.489 e. The Kier molecular flexibility index (Phi) is 13.8. The number of nitrogens with one attached hydrogen (secondary N) is 3. The van der Waals surface area contributed by atoms with Crippen LogP contribution in [0.15, 0.2) is 77.8 Å². The molecule has 1 amide bonds. The van der Waals surface area contributed by atoms with Crippen LogP contribution in [0.25, 0.3) is 11.0 Å². The molecule has 400 valence electrons. The number of carbonyl (C=O) groups excluding carboxylic acids is 1. The number of benzene rings is 3. The van der Waals surface area contributed by atoms with Gasteiger partial charge >= 0.3 is 0 Å². The topological polar surface area (TPSA) is 225 Å². The number of nitrogens with zero attached hydrogens (tertiary/aromatic N) is 5. The molecule has 3 saturated heterocycles. The summed E-state index contributed by atoms with van der Waals surface area (Å²) in [5.74, 6) is -0.0534. The first kappa shape index (κ1) is 51.1. The van der Waals surface area contributed by atoms with Crippen LogP contribution in [-0.4, -0.2) is 126 Å². The number of aromatic nitrogens is 2. The molecule has 5 N–H and O–H groups in total. The van der Waals surface area contributed by atoms with Crippen LogP contribution < -0.4 is 29.1 Å². The summed E-state index contributed by atoms with van der Waals surface area (Å²) in [7, 11) is -2.82. The van der Waals surface area contributed by atoms with Gasteiger partial charge in [0.15, 0.2) is 17.2 Å². The number of rotatable bonds is 14. The van der Waals surface area contributed by atoms with Crippen LogP contribution >= 0.6 is 0 Å². The summed E-state index contributed by atoms with van der Waals surface area (Å²) in [5, 5.41) is 37.0. The van der Waals surface area contributed by atoms with Crippen molar-refractivity contribution in [1.29, 1.82) is 0 Å². The summed E-state index contributed by atoms with van der Waals surface area (Å²) in [6, 6.07) is 20.4. The van der Waals surface area contributed by atoms with E-state index in [1.54, 1.807) is 37.4 Å². The van der Waals surface area contributed by atoms with E-state index < -0.39 is 37.0 Å². The molecule has 2 aliphatic carbocycles. The third-order valence-electron chi connectivity index (χ3n) is 17.5. The van der Waals surface area contributed by atoms with Crippen LogP contribution in [0, 0.1) is 21.4 Å². The summed E-state index contributed by atoms with van der Waals surface area (Å²) in [4.78, 5) is 40.9. The van der Waals surface area contributed by atoms with E-state index in [9.17, 15) is 33.5 Å². The third-order valence-corrected chi connectivity index (χ3v) is 18.8. The fourth-order valence-corrected chi connectivity index (χ4v) is 14.1. The highest BCUT2D eigenvalue weighted by molar-refractivity contribution is 7.90. The van der Waals surface area contributed by atoms with Gasteiger partial charge in [0.2, 0.25) is 0 Å². The van der Waals surface area contributed by atoms with Crippen molar-refractivity contribution in [2.45, 2.75) is 138 Å². The Morgan fingerprint density at radius 3 is 2.52 bits per heavy atom. The normalized spacial score (nSPS) is 26.2. The summed E-state index contributed by atoms with van der Waals surface area (Å²) >= 11 is 0. The molecule has 18 nitrogen and oxygen atoms in total. The molecule has 0 radical (unpaired) electrons. The number of hydrogen-bond donors (Lipinski definition) is 5. The summed E-state index contributed by atoms with van der Waals surface area (Å²) in [6.07, 6.45) is 11.3. The molecule has 6 heterocycles. The summed E-state index contributed by atoms with van der Waals surface area (Å²) in [5.41, 5.74) is 3.23. The smallest absolute Gasteiger partial charge is 0.297 e. The maximum atomic E-state index is 14.5. The number of likely N-dealkylation sites (tertiary alicyclic amines) is 2. The van der Waals surface area contributed by atoms with Gasteiger partial charge in [-0.25, -0.2) is 13.1 Å². The number of likely N-dealkylation sites (N-methyl/N-ethyl adjacent to an activating group) is 1. The molecular weight excluding hydrogens is 977 g/mol. The zero-order valence-electron chi connectivity index (χ0n) is 43.3. The molecule has 2 saturated carbocycles. The molecule has 4 atom stereocenters. The summed E-state index contributed by atoms with van der Waals surface area (Å²) in [6.45, 7) is 9.71. The lowest BCUT2D eigenvalue weighted by Crippen LogP contribution is -2.54. The van der Waals surface area contributed by atoms with Gasteiger partial charge in [-0.3, -0.25) is 24.7 Å². The van der Waals surface area contributed by atoms with Gasteiger partial charge in [0.05, 0.1) is 33.6 Å². The number of amides is 1. The fourth-order valence-electron chi connectivity index (χ4n) is 13.1. The largest absolute Gasteiger partial charge is 0.489 e. The van der Waals surface area contributed by atoms with Crippen molar-refractivity contribution in [2.75, 3.05) is 56.7 Å². The van der Waals surface area contributed by atoms with E-state index in [1.807, 2.05) is 18.0 Å². The van der Waals surface area contributed by atoms with Crippen molar-refractivity contribution < 1.29 is 42.6 Å². The molecule has 5 aromatic rings. The van der Waals surface area contributed by atoms with Gasteiger partial charge in [0.1, 0.15) is 24.1 Å². The molecular formula is C56H70N8O10S. The summed E-state index contributed by atoms with van der Waals surface area (Å²) < 4.78 is 49.9. The first-order valence-corrected chi connectivity index (χ1v) is 28.3. The number of anilines is 2. The lowest BCUT2D eigenvalue weighted by Gasteiger charge is -2.56. The van der Waals surface area contributed by atoms with E-state index in [0.717, 1.165) is 44.2 Å². The second kappa shape index (κ2) is 20.2. The van der Waals surface area contributed by atoms with Gasteiger partial charge in [-0.15, -0.1) is 0 Å². The predicted molar refractivity (Wildman–Crippen MR) is 284 cm³/mol. The fraction of sp³-hybridized carbons (Fsp3) is 0.536. The number of pyridine rings is 1. The Bertz CT molecular complexity index is 3070. The number of piperidine rings is 1. The molecule has 3 aromatic carbocycles. The van der Waals surface area contributed by atoms with Crippen molar-refractivity contribution in [3.8, 4) is 23.1 Å². The highest BCUT2D eigenvalue weighted by Gasteiger charge is 2.50. The molecule has 19 heteroatoms. The average Bonchev–Trinajstić information content (AvgIpc) is 4.15. The van der Waals surface area contributed by atoms with Crippen molar-refractivity contribution in [1.82, 2.24) is 24.5 Å². The van der Waals surface area contributed by atoms with Gasteiger partial charge in [-0.2, -0.15) is 4.98 Å². The molecule has 11 rings (SSSR count). The van der Waals surface area contributed by atoms with Crippen LogP contribution in [0.3, 0.4) is 0 Å². The van der Waals surface area contributed by atoms with Crippen LogP contribution in [0.1, 0.15) is 125 Å². The van der Waals surface area contributed by atoms with E-state index in [4.69, 9.17) is 19.2 Å². The number of sulfonamides is 1. The lowest BCUT2D eigenvalue weighted by atomic mass is 9.59. The van der Waals surface area contributed by atoms with Gasteiger partial charge in [0, 0.05) is 79.7 Å². The molecule has 4 aliphatic heterocycles. The Balaban J connectivity index is 0.852. The van der Waals surface area contributed by atoms with Crippen molar-refractivity contribution >= 4 is 44.0 Å². The van der Waals surface area contributed by atoms with Gasteiger partial charge < -0.3 is 39.6 Å². The SMILES string of the molecule is CC(C)c1ccccc1[C@H]1CCCN1C1CC2(CCN(c3ccc(C(=O)NS(=O)(=O)c4cc5c(c([N+](=O)[O-])c4)N[C@@H]([C@H]4CC[C@](C)(O)CC4)CO5)c(Oc4cc5cc[nH]c5nc4O[C@@H]4C[C@@H](CO)N(C)C4)c3)CC2)C1. The van der Waals surface area contributed by atoms with E-state index in [2.05, 4.69) is 62.9 Å². The highest BCUT2D eigenvalue weighted by atomic mass is 32.2. The number of aliphatic hydroxyl groups is 2. The van der Waals surface area contributed by atoms with Crippen molar-refractivity contribution in [3.63, 3.8) is 0 Å². The quantitative estimate of drug-likeness (QED) is 0.0518.